The van der Waals surface area contributed by atoms with Crippen molar-refractivity contribution in [2.45, 2.75) is 31.1 Å². The lowest BCUT2D eigenvalue weighted by Crippen LogP contribution is -2.36. The smallest absolute Gasteiger partial charge is 0.335 e. The van der Waals surface area contributed by atoms with Gasteiger partial charge in [-0.2, -0.15) is 5.26 Å². The van der Waals surface area contributed by atoms with E-state index >= 15 is 4.39 Å². The van der Waals surface area contributed by atoms with Gasteiger partial charge < -0.3 is 25.6 Å². The molecule has 0 bridgehead atoms. The molecule has 7 nitrogen and oxygen atoms in total. The number of carboxylic acids is 1. The average molecular weight is 515 g/mol. The van der Waals surface area contributed by atoms with E-state index in [1.54, 1.807) is 28.8 Å². The number of nitrogens with two attached hydrogens (primary N) is 1. The molecular weight excluding hydrogens is 490 g/mol. The van der Waals surface area contributed by atoms with E-state index in [0.717, 1.165) is 12.6 Å². The summed E-state index contributed by atoms with van der Waals surface area (Å²) in [5.74, 6) is -2.15. The number of ether oxygens (including phenoxy) is 1. The van der Waals surface area contributed by atoms with E-state index in [1.165, 1.54) is 31.4 Å². The third-order valence-electron chi connectivity index (χ3n) is 7.42. The van der Waals surface area contributed by atoms with Crippen LogP contribution < -0.4 is 10.5 Å². The van der Waals surface area contributed by atoms with Gasteiger partial charge in [-0.25, -0.2) is 13.6 Å². The first-order valence-electron chi connectivity index (χ1n) is 12.0. The Morgan fingerprint density at radius 3 is 2.50 bits per heavy atom. The van der Waals surface area contributed by atoms with Crippen molar-refractivity contribution in [1.82, 2.24) is 4.57 Å². The number of rotatable bonds is 7. The Morgan fingerprint density at radius 2 is 1.95 bits per heavy atom. The number of benzene rings is 3. The van der Waals surface area contributed by atoms with Gasteiger partial charge in [-0.15, -0.1) is 0 Å². The molecule has 0 radical (unpaired) electrons. The number of carbonyl (C=O) groups is 1. The van der Waals surface area contributed by atoms with Gasteiger partial charge in [0.1, 0.15) is 11.6 Å². The van der Waals surface area contributed by atoms with E-state index in [1.807, 2.05) is 0 Å². The summed E-state index contributed by atoms with van der Waals surface area (Å²) in [7, 11) is 1.42. The summed E-state index contributed by atoms with van der Waals surface area (Å²) < 4.78 is 37.9. The molecule has 192 valence electrons. The zero-order valence-electron chi connectivity index (χ0n) is 20.5. The van der Waals surface area contributed by atoms with Crippen LogP contribution in [-0.2, 0) is 5.41 Å². The fraction of sp³-hybridized carbons (Fsp3) is 0.207. The van der Waals surface area contributed by atoms with Crippen LogP contribution in [0.15, 0.2) is 48.5 Å². The summed E-state index contributed by atoms with van der Waals surface area (Å²) >= 11 is 0. The first kappa shape index (κ1) is 25.0. The van der Waals surface area contributed by atoms with Gasteiger partial charge in [0.25, 0.3) is 0 Å². The first-order chi connectivity index (χ1) is 18.2. The quantitative estimate of drug-likeness (QED) is 0.200. The molecule has 9 heteroatoms. The third-order valence-corrected chi connectivity index (χ3v) is 7.42. The molecule has 1 fully saturated rings. The van der Waals surface area contributed by atoms with Crippen LogP contribution in [0.4, 0.5) is 14.5 Å². The third kappa shape index (κ3) is 3.77. The van der Waals surface area contributed by atoms with Crippen LogP contribution in [-0.4, -0.2) is 29.0 Å². The number of carboxylic acid groups (broad SMARTS) is 1. The molecule has 5 rings (SSSR count). The van der Waals surface area contributed by atoms with E-state index in [9.17, 15) is 19.6 Å². The molecule has 0 spiro atoms. The molecule has 1 aliphatic carbocycles. The number of nitriles is 1. The zero-order valence-corrected chi connectivity index (χ0v) is 20.5. The Kier molecular flexibility index (Phi) is 6.11. The van der Waals surface area contributed by atoms with Crippen LogP contribution >= 0.6 is 0 Å². The summed E-state index contributed by atoms with van der Waals surface area (Å²) in [5, 5.41) is 27.1. The highest BCUT2D eigenvalue weighted by Gasteiger charge is 2.44. The molecule has 38 heavy (non-hydrogen) atoms. The number of halogens is 2. The molecule has 0 atom stereocenters. The minimum Gasteiger partial charge on any atom is -0.497 e. The van der Waals surface area contributed by atoms with Crippen LogP contribution in [0.2, 0.25) is 0 Å². The fourth-order valence-corrected chi connectivity index (χ4v) is 5.43. The summed E-state index contributed by atoms with van der Waals surface area (Å²) in [4.78, 5) is 11.5. The normalized spacial score (nSPS) is 14.1. The molecule has 0 amide bonds. The lowest BCUT2D eigenvalue weighted by atomic mass is 9.63. The average Bonchev–Trinajstić information content (AvgIpc) is 3.23. The molecule has 1 saturated carbocycles. The molecular formula is C29H24F2N4O3. The molecule has 1 aromatic heterocycles. The fourth-order valence-electron chi connectivity index (χ4n) is 5.43. The number of nitrogens with zero attached hydrogens (tertiary/aromatic N) is 2. The Morgan fingerprint density at radius 1 is 1.24 bits per heavy atom. The largest absolute Gasteiger partial charge is 0.497 e. The molecule has 0 unspecified atom stereocenters. The standard InChI is InChI=1S/C29H24F2N4O3/c1-38-21-13-19(30)12-20(14-21)35-22-11-18(15-33)26(34)25(31)24(22)23(16-3-5-17(6-4-16)28(36)37)27(35)29(9-10-32)7-2-8-29/h3-6,11-15,33H,2,7-9,34H2,1H3,(H,36,37). The van der Waals surface area contributed by atoms with Gasteiger partial charge in [-0.3, -0.25) is 0 Å². The Hall–Kier alpha value is -4.71. The summed E-state index contributed by atoms with van der Waals surface area (Å²) in [5.41, 5.74) is 7.75. The van der Waals surface area contributed by atoms with Gasteiger partial charge in [-0.05, 0) is 42.7 Å². The van der Waals surface area contributed by atoms with Crippen molar-refractivity contribution < 1.29 is 23.4 Å². The predicted octanol–water partition coefficient (Wildman–Crippen LogP) is 6.20. The zero-order chi connectivity index (χ0) is 27.2. The van der Waals surface area contributed by atoms with Gasteiger partial charge in [0.15, 0.2) is 5.82 Å². The highest BCUT2D eigenvalue weighted by molar-refractivity contribution is 6.05. The van der Waals surface area contributed by atoms with E-state index in [-0.39, 0.29) is 34.4 Å². The number of methoxy groups -OCH3 is 1. The minimum atomic E-state index is -1.10. The summed E-state index contributed by atoms with van der Waals surface area (Å²) in [6.45, 7) is 0. The van der Waals surface area contributed by atoms with Gasteiger partial charge in [0, 0.05) is 52.4 Å². The van der Waals surface area contributed by atoms with Gasteiger partial charge >= 0.3 is 5.97 Å². The van der Waals surface area contributed by atoms with Crippen LogP contribution in [0, 0.1) is 28.4 Å². The number of hydrogen-bond donors (Lipinski definition) is 3. The van der Waals surface area contributed by atoms with Gasteiger partial charge in [0.05, 0.1) is 35.6 Å². The van der Waals surface area contributed by atoms with Gasteiger partial charge in [0.2, 0.25) is 0 Å². The van der Waals surface area contributed by atoms with E-state index in [2.05, 4.69) is 6.07 Å². The lowest BCUT2D eigenvalue weighted by Gasteiger charge is -2.42. The highest BCUT2D eigenvalue weighted by Crippen LogP contribution is 2.54. The summed E-state index contributed by atoms with van der Waals surface area (Å²) in [6, 6.07) is 14.1. The molecule has 3 aromatic carbocycles. The van der Waals surface area contributed by atoms with E-state index < -0.39 is 23.0 Å². The topological polar surface area (TPSA) is 125 Å². The maximum absolute atomic E-state index is 16.1. The maximum Gasteiger partial charge on any atom is 0.335 e. The van der Waals surface area contributed by atoms with Crippen molar-refractivity contribution in [3.05, 3.63) is 77.0 Å². The second kappa shape index (κ2) is 9.30. The Bertz CT molecular complexity index is 1650. The molecule has 0 aliphatic heterocycles. The monoisotopic (exact) mass is 514 g/mol. The SMILES string of the molecule is COc1cc(F)cc(-n2c(C3(CC#N)CCC3)c(-c3ccc(C(=O)O)cc3)c3c(F)c(N)c(C=N)cc32)c1. The first-order valence-corrected chi connectivity index (χ1v) is 12.0. The maximum atomic E-state index is 16.1. The number of aromatic nitrogens is 1. The summed E-state index contributed by atoms with van der Waals surface area (Å²) in [6.07, 6.45) is 3.25. The molecule has 4 N–H and O–H groups in total. The van der Waals surface area contributed by atoms with Crippen molar-refractivity contribution in [1.29, 1.82) is 10.7 Å². The Balaban J connectivity index is 2.00. The van der Waals surface area contributed by atoms with Crippen LogP contribution in [0.25, 0.3) is 27.7 Å². The highest BCUT2D eigenvalue weighted by atomic mass is 19.1. The van der Waals surface area contributed by atoms with Crippen LogP contribution in [0.3, 0.4) is 0 Å². The van der Waals surface area contributed by atoms with Crippen molar-refractivity contribution in [2.24, 2.45) is 0 Å². The molecule has 4 aromatic rings. The molecule has 1 aliphatic rings. The second-order valence-corrected chi connectivity index (χ2v) is 9.49. The van der Waals surface area contributed by atoms with Gasteiger partial charge in [-0.1, -0.05) is 18.6 Å². The second-order valence-electron chi connectivity index (χ2n) is 9.49. The van der Waals surface area contributed by atoms with E-state index in [0.29, 0.717) is 40.9 Å². The molecule has 0 saturated heterocycles. The van der Waals surface area contributed by atoms with Crippen molar-refractivity contribution >= 4 is 28.8 Å². The van der Waals surface area contributed by atoms with Crippen LogP contribution in [0.1, 0.15) is 47.3 Å². The number of hydrogen-bond acceptors (Lipinski definition) is 5. The number of aromatic carboxylic acids is 1. The molecule has 1 heterocycles. The number of anilines is 1. The van der Waals surface area contributed by atoms with Crippen molar-refractivity contribution in [3.8, 4) is 28.6 Å². The number of nitrogens with one attached hydrogen (secondary N) is 1. The van der Waals surface area contributed by atoms with Crippen LogP contribution in [0.5, 0.6) is 5.75 Å². The van der Waals surface area contributed by atoms with Crippen molar-refractivity contribution in [2.75, 3.05) is 12.8 Å². The number of nitrogen functional groups attached to an aromatic ring is 1. The Labute approximate surface area is 217 Å². The van der Waals surface area contributed by atoms with E-state index in [4.69, 9.17) is 15.9 Å². The minimum absolute atomic E-state index is 0.0652. The predicted molar refractivity (Wildman–Crippen MR) is 140 cm³/mol. The lowest BCUT2D eigenvalue weighted by molar-refractivity contribution is 0.0697. The van der Waals surface area contributed by atoms with Crippen molar-refractivity contribution in [3.63, 3.8) is 0 Å². The number of fused-ring (bicyclic) bond motifs is 1.